The van der Waals surface area contributed by atoms with E-state index in [0.717, 1.165) is 24.8 Å². The van der Waals surface area contributed by atoms with Gasteiger partial charge < -0.3 is 5.11 Å². The lowest BCUT2D eigenvalue weighted by molar-refractivity contribution is 0.198. The second kappa shape index (κ2) is 6.56. The molecule has 2 rings (SSSR count). The van der Waals surface area contributed by atoms with Gasteiger partial charge in [0.25, 0.3) is 0 Å². The molecule has 4 nitrogen and oxygen atoms in total. The number of benzene rings is 1. The Hall–Kier alpha value is -0.430. The number of nitrogens with zero attached hydrogens (tertiary/aromatic N) is 1. The molecule has 6 heteroatoms. The van der Waals surface area contributed by atoms with Crippen LogP contribution in [-0.4, -0.2) is 37.0 Å². The first-order chi connectivity index (χ1) is 9.46. The summed E-state index contributed by atoms with van der Waals surface area (Å²) in [6.45, 7) is 2.31. The Morgan fingerprint density at radius 1 is 1.40 bits per heavy atom. The van der Waals surface area contributed by atoms with Crippen LogP contribution in [0, 0.1) is 6.92 Å². The van der Waals surface area contributed by atoms with Crippen molar-refractivity contribution in [1.29, 1.82) is 0 Å². The van der Waals surface area contributed by atoms with Gasteiger partial charge in [-0.05, 0) is 59.8 Å². The molecule has 20 heavy (non-hydrogen) atoms. The summed E-state index contributed by atoms with van der Waals surface area (Å²) in [5, 5.41) is 8.98. The van der Waals surface area contributed by atoms with E-state index in [1.54, 1.807) is 10.4 Å². The molecule has 0 aromatic heterocycles. The Morgan fingerprint density at radius 2 is 2.10 bits per heavy atom. The largest absolute Gasteiger partial charge is 0.396 e. The summed E-state index contributed by atoms with van der Waals surface area (Å²) >= 11 is 3.35. The summed E-state index contributed by atoms with van der Waals surface area (Å²) in [6.07, 6.45) is 3.37. The first-order valence-electron chi connectivity index (χ1n) is 6.85. The molecule has 0 bridgehead atoms. The first kappa shape index (κ1) is 15.9. The highest BCUT2D eigenvalue weighted by atomic mass is 79.9. The van der Waals surface area contributed by atoms with Crippen molar-refractivity contribution in [2.24, 2.45) is 0 Å². The third-order valence-electron chi connectivity index (χ3n) is 3.69. The molecule has 112 valence electrons. The van der Waals surface area contributed by atoms with Gasteiger partial charge in [0.1, 0.15) is 0 Å². The van der Waals surface area contributed by atoms with Crippen LogP contribution in [-0.2, 0) is 10.0 Å². The van der Waals surface area contributed by atoms with Crippen molar-refractivity contribution >= 4 is 26.0 Å². The molecule has 0 aliphatic heterocycles. The van der Waals surface area contributed by atoms with Crippen molar-refractivity contribution in [3.05, 3.63) is 28.2 Å². The maximum atomic E-state index is 12.8. The Bertz CT molecular complexity index is 570. The van der Waals surface area contributed by atoms with Crippen molar-refractivity contribution in [3.8, 4) is 0 Å². The van der Waals surface area contributed by atoms with Crippen molar-refractivity contribution < 1.29 is 13.5 Å². The number of halogens is 1. The zero-order valence-electron chi connectivity index (χ0n) is 11.5. The van der Waals surface area contributed by atoms with Crippen LogP contribution in [0.4, 0.5) is 0 Å². The monoisotopic (exact) mass is 361 g/mol. The summed E-state index contributed by atoms with van der Waals surface area (Å²) in [6, 6.07) is 5.36. The molecule has 1 N–H and O–H groups in total. The van der Waals surface area contributed by atoms with E-state index in [9.17, 15) is 8.42 Å². The fraction of sp³-hybridized carbons (Fsp3) is 0.571. The topological polar surface area (TPSA) is 57.6 Å². The second-order valence-electron chi connectivity index (χ2n) is 5.21. The Balaban J connectivity index is 2.33. The maximum absolute atomic E-state index is 12.8. The van der Waals surface area contributed by atoms with Crippen LogP contribution >= 0.6 is 15.9 Å². The number of rotatable bonds is 6. The third-order valence-corrected chi connectivity index (χ3v) is 6.62. The molecule has 0 radical (unpaired) electrons. The zero-order chi connectivity index (χ0) is 14.8. The molecular formula is C14H20BrNO3S. The van der Waals surface area contributed by atoms with Gasteiger partial charge in [-0.15, -0.1) is 0 Å². The molecule has 1 aromatic carbocycles. The number of hydrogen-bond donors (Lipinski definition) is 1. The molecule has 0 unspecified atom stereocenters. The Morgan fingerprint density at radius 3 is 2.60 bits per heavy atom. The fourth-order valence-electron chi connectivity index (χ4n) is 2.34. The molecule has 0 amide bonds. The molecule has 1 aromatic rings. The molecule has 1 aliphatic rings. The third kappa shape index (κ3) is 3.24. The van der Waals surface area contributed by atoms with E-state index in [4.69, 9.17) is 5.11 Å². The number of aliphatic hydroxyl groups is 1. The minimum Gasteiger partial charge on any atom is -0.396 e. The summed E-state index contributed by atoms with van der Waals surface area (Å²) < 4.78 is 27.8. The van der Waals surface area contributed by atoms with Gasteiger partial charge in [0.15, 0.2) is 0 Å². The van der Waals surface area contributed by atoms with Crippen LogP contribution in [0.2, 0.25) is 0 Å². The first-order valence-corrected chi connectivity index (χ1v) is 9.09. The smallest absolute Gasteiger partial charge is 0.244 e. The van der Waals surface area contributed by atoms with Gasteiger partial charge in [-0.3, -0.25) is 0 Å². The predicted molar refractivity (Wildman–Crippen MR) is 82.1 cm³/mol. The fourth-order valence-corrected chi connectivity index (χ4v) is 5.22. The van der Waals surface area contributed by atoms with Crippen molar-refractivity contribution in [2.45, 2.75) is 43.5 Å². The zero-order valence-corrected chi connectivity index (χ0v) is 14.0. The molecule has 0 spiro atoms. The quantitative estimate of drug-likeness (QED) is 0.847. The summed E-state index contributed by atoms with van der Waals surface area (Å²) in [5.41, 5.74) is 1.02. The predicted octanol–water partition coefficient (Wildman–Crippen LogP) is 2.68. The van der Waals surface area contributed by atoms with Gasteiger partial charge in [0, 0.05) is 23.7 Å². The standard InChI is InChI=1S/C14H20BrNO3S/c1-11-6-7-14(13(15)10-11)20(18,19)16(8-3-9-17)12-4-2-5-12/h6-7,10,12,17H,2-5,8-9H2,1H3. The molecule has 1 fully saturated rings. The van der Waals surface area contributed by atoms with Gasteiger partial charge in [-0.25, -0.2) is 8.42 Å². The average Bonchev–Trinajstić information content (AvgIpc) is 2.31. The summed E-state index contributed by atoms with van der Waals surface area (Å²) in [7, 11) is -3.51. The number of aliphatic hydroxyl groups excluding tert-OH is 1. The van der Waals surface area contributed by atoms with E-state index in [-0.39, 0.29) is 12.6 Å². The van der Waals surface area contributed by atoms with Gasteiger partial charge in [0.05, 0.1) is 4.90 Å². The van der Waals surface area contributed by atoms with E-state index >= 15 is 0 Å². The van der Waals surface area contributed by atoms with Crippen LogP contribution in [0.3, 0.4) is 0 Å². The van der Waals surface area contributed by atoms with E-state index in [0.29, 0.717) is 22.3 Å². The molecule has 1 saturated carbocycles. The van der Waals surface area contributed by atoms with Gasteiger partial charge in [-0.1, -0.05) is 12.5 Å². The van der Waals surface area contributed by atoms with Crippen LogP contribution in [0.25, 0.3) is 0 Å². The lowest BCUT2D eigenvalue weighted by Crippen LogP contribution is -2.44. The van der Waals surface area contributed by atoms with Crippen LogP contribution in [0.1, 0.15) is 31.2 Å². The minimum atomic E-state index is -3.51. The molecule has 0 saturated heterocycles. The van der Waals surface area contributed by atoms with Crippen LogP contribution < -0.4 is 0 Å². The summed E-state index contributed by atoms with van der Waals surface area (Å²) in [4.78, 5) is 0.313. The van der Waals surface area contributed by atoms with Gasteiger partial charge in [0.2, 0.25) is 10.0 Å². The average molecular weight is 362 g/mol. The van der Waals surface area contributed by atoms with Gasteiger partial charge >= 0.3 is 0 Å². The summed E-state index contributed by atoms with van der Waals surface area (Å²) in [5.74, 6) is 0. The van der Waals surface area contributed by atoms with E-state index in [1.165, 1.54) is 0 Å². The molecule has 0 heterocycles. The number of hydrogen-bond acceptors (Lipinski definition) is 3. The number of aryl methyl sites for hydroxylation is 1. The second-order valence-corrected chi connectivity index (χ2v) is 7.92. The lowest BCUT2D eigenvalue weighted by atomic mass is 9.93. The lowest BCUT2D eigenvalue weighted by Gasteiger charge is -2.36. The minimum absolute atomic E-state index is 0.00775. The van der Waals surface area contributed by atoms with E-state index in [2.05, 4.69) is 15.9 Å². The molecule has 1 aliphatic carbocycles. The van der Waals surface area contributed by atoms with Crippen molar-refractivity contribution in [2.75, 3.05) is 13.2 Å². The molecular weight excluding hydrogens is 342 g/mol. The van der Waals surface area contributed by atoms with E-state index < -0.39 is 10.0 Å². The van der Waals surface area contributed by atoms with Crippen molar-refractivity contribution in [1.82, 2.24) is 4.31 Å². The maximum Gasteiger partial charge on any atom is 0.244 e. The highest BCUT2D eigenvalue weighted by molar-refractivity contribution is 9.10. The highest BCUT2D eigenvalue weighted by Crippen LogP contribution is 2.33. The number of sulfonamides is 1. The van der Waals surface area contributed by atoms with Crippen molar-refractivity contribution in [3.63, 3.8) is 0 Å². The van der Waals surface area contributed by atoms with Gasteiger partial charge in [-0.2, -0.15) is 4.31 Å². The Labute approximate surface area is 129 Å². The normalized spacial score (nSPS) is 16.4. The van der Waals surface area contributed by atoms with Crippen LogP contribution in [0.5, 0.6) is 0 Å². The SMILES string of the molecule is Cc1ccc(S(=O)(=O)N(CCCO)C2CCC2)c(Br)c1. The Kier molecular flexibility index (Phi) is 5.23. The van der Waals surface area contributed by atoms with E-state index in [1.807, 2.05) is 19.1 Å². The van der Waals surface area contributed by atoms with Crippen LogP contribution in [0.15, 0.2) is 27.6 Å². The molecule has 0 atom stereocenters. The highest BCUT2D eigenvalue weighted by Gasteiger charge is 2.35.